The molecule has 8 heteroatoms. The molecule has 2 N–H and O–H groups in total. The quantitative estimate of drug-likeness (QED) is 0.843. The molecule has 20 heavy (non-hydrogen) atoms. The lowest BCUT2D eigenvalue weighted by Crippen LogP contribution is -2.34. The Labute approximate surface area is 115 Å². The van der Waals surface area contributed by atoms with Gasteiger partial charge in [-0.3, -0.25) is 4.79 Å². The summed E-state index contributed by atoms with van der Waals surface area (Å²) in [4.78, 5) is 10.2. The third kappa shape index (κ3) is 3.89. The summed E-state index contributed by atoms with van der Waals surface area (Å²) in [5, 5.41) is 11.5. The maximum absolute atomic E-state index is 12.6. The summed E-state index contributed by atoms with van der Waals surface area (Å²) in [5.74, 6) is -4.62. The van der Waals surface area contributed by atoms with Gasteiger partial charge in [-0.1, -0.05) is 12.1 Å². The fourth-order valence-corrected chi connectivity index (χ4v) is 2.59. The van der Waals surface area contributed by atoms with Crippen molar-refractivity contribution < 1.29 is 27.1 Å². The van der Waals surface area contributed by atoms with Crippen LogP contribution in [0, 0.1) is 0 Å². The van der Waals surface area contributed by atoms with Gasteiger partial charge in [-0.2, -0.15) is 8.78 Å². The number of halogens is 2. The molecule has 0 fully saturated rings. The number of alkyl halides is 2. The van der Waals surface area contributed by atoms with E-state index in [0.717, 1.165) is 6.07 Å². The largest absolute Gasteiger partial charge is 0.481 e. The standard InChI is InChI=1S/C12H15F2NO4S/c1-12(2,7-10(16)17)15-8-5-3-4-6-9(8)20(18,19)11(13)14/h3-6,11,15H,7H2,1-2H3,(H,16,17). The van der Waals surface area contributed by atoms with Crippen LogP contribution in [-0.2, 0) is 14.6 Å². The molecular weight excluding hydrogens is 292 g/mol. The number of hydrogen-bond acceptors (Lipinski definition) is 4. The van der Waals surface area contributed by atoms with Crippen LogP contribution in [-0.4, -0.2) is 30.8 Å². The van der Waals surface area contributed by atoms with Crippen molar-refractivity contribution in [1.29, 1.82) is 0 Å². The molecule has 0 radical (unpaired) electrons. The summed E-state index contributed by atoms with van der Waals surface area (Å²) >= 11 is 0. The molecule has 112 valence electrons. The van der Waals surface area contributed by atoms with Crippen LogP contribution in [0.15, 0.2) is 29.2 Å². The first-order valence-electron chi connectivity index (χ1n) is 5.67. The fraction of sp³-hybridized carbons (Fsp3) is 0.417. The summed E-state index contributed by atoms with van der Waals surface area (Å²) in [7, 11) is -4.75. The van der Waals surface area contributed by atoms with Crippen molar-refractivity contribution in [1.82, 2.24) is 0 Å². The van der Waals surface area contributed by atoms with E-state index in [2.05, 4.69) is 5.32 Å². The van der Waals surface area contributed by atoms with Crippen molar-refractivity contribution in [3.05, 3.63) is 24.3 Å². The molecule has 0 unspecified atom stereocenters. The van der Waals surface area contributed by atoms with Gasteiger partial charge in [0, 0.05) is 5.54 Å². The highest BCUT2D eigenvalue weighted by Crippen LogP contribution is 2.29. The highest BCUT2D eigenvalue weighted by atomic mass is 32.2. The van der Waals surface area contributed by atoms with E-state index in [1.54, 1.807) is 0 Å². The minimum atomic E-state index is -4.75. The van der Waals surface area contributed by atoms with Gasteiger partial charge in [-0.05, 0) is 26.0 Å². The summed E-state index contributed by atoms with van der Waals surface area (Å²) in [6.45, 7) is 3.07. The van der Waals surface area contributed by atoms with Gasteiger partial charge in [0.25, 0.3) is 0 Å². The van der Waals surface area contributed by atoms with E-state index in [-0.39, 0.29) is 12.1 Å². The Bertz CT molecular complexity index is 599. The van der Waals surface area contributed by atoms with Crippen LogP contribution in [0.2, 0.25) is 0 Å². The summed E-state index contributed by atoms with van der Waals surface area (Å²) in [6, 6.07) is 5.17. The maximum Gasteiger partial charge on any atom is 0.341 e. The highest BCUT2D eigenvalue weighted by molar-refractivity contribution is 7.91. The van der Waals surface area contributed by atoms with Crippen LogP contribution in [0.5, 0.6) is 0 Å². The van der Waals surface area contributed by atoms with Crippen LogP contribution in [0.1, 0.15) is 20.3 Å². The normalized spacial score (nSPS) is 12.4. The molecule has 0 spiro atoms. The first-order valence-corrected chi connectivity index (χ1v) is 7.22. The van der Waals surface area contributed by atoms with Crippen molar-refractivity contribution >= 4 is 21.5 Å². The lowest BCUT2D eigenvalue weighted by molar-refractivity contribution is -0.137. The lowest BCUT2D eigenvalue weighted by Gasteiger charge is -2.27. The van der Waals surface area contributed by atoms with E-state index in [9.17, 15) is 22.0 Å². The molecule has 0 aliphatic rings. The Morgan fingerprint density at radius 2 is 1.90 bits per heavy atom. The number of sulfone groups is 1. The zero-order chi connectivity index (χ0) is 15.6. The van der Waals surface area contributed by atoms with Gasteiger partial charge in [0.15, 0.2) is 0 Å². The number of benzene rings is 1. The predicted octanol–water partition coefficient (Wildman–Crippen LogP) is 2.35. The minimum absolute atomic E-state index is 0.0425. The summed E-state index contributed by atoms with van der Waals surface area (Å²) in [6.07, 6.45) is -0.296. The molecular formula is C12H15F2NO4S. The predicted molar refractivity (Wildman–Crippen MR) is 69.6 cm³/mol. The van der Waals surface area contributed by atoms with Crippen molar-refractivity contribution in [2.45, 2.75) is 36.5 Å². The van der Waals surface area contributed by atoms with Gasteiger partial charge in [0.2, 0.25) is 9.84 Å². The van der Waals surface area contributed by atoms with E-state index in [4.69, 9.17) is 5.11 Å². The number of nitrogens with one attached hydrogen (secondary N) is 1. The Kier molecular flexibility index (Phi) is 4.69. The van der Waals surface area contributed by atoms with Crippen LogP contribution in [0.3, 0.4) is 0 Å². The molecule has 0 bridgehead atoms. The van der Waals surface area contributed by atoms with E-state index in [0.29, 0.717) is 0 Å². The first kappa shape index (κ1) is 16.4. The SMILES string of the molecule is CC(C)(CC(=O)O)Nc1ccccc1S(=O)(=O)C(F)F. The van der Waals surface area contributed by atoms with Crippen molar-refractivity contribution in [2.75, 3.05) is 5.32 Å². The van der Waals surface area contributed by atoms with E-state index in [1.807, 2.05) is 0 Å². The van der Waals surface area contributed by atoms with Crippen LogP contribution >= 0.6 is 0 Å². The monoisotopic (exact) mass is 307 g/mol. The molecule has 1 aromatic rings. The zero-order valence-corrected chi connectivity index (χ0v) is 11.7. The molecule has 0 saturated carbocycles. The smallest absolute Gasteiger partial charge is 0.341 e. The molecule has 0 aliphatic carbocycles. The fourth-order valence-electron chi connectivity index (χ4n) is 1.70. The molecule has 5 nitrogen and oxygen atoms in total. The first-order chi connectivity index (χ1) is 9.06. The van der Waals surface area contributed by atoms with Crippen molar-refractivity contribution in [3.63, 3.8) is 0 Å². The van der Waals surface area contributed by atoms with Crippen LogP contribution in [0.4, 0.5) is 14.5 Å². The summed E-state index contributed by atoms with van der Waals surface area (Å²) in [5.41, 5.74) is -1.03. The second-order valence-electron chi connectivity index (χ2n) is 4.88. The molecule has 0 aromatic heterocycles. The van der Waals surface area contributed by atoms with Gasteiger partial charge in [0.05, 0.1) is 17.0 Å². The number of para-hydroxylation sites is 1. The second-order valence-corrected chi connectivity index (χ2v) is 6.77. The molecule has 0 heterocycles. The highest BCUT2D eigenvalue weighted by Gasteiger charge is 2.31. The Balaban J connectivity index is 3.19. The molecule has 0 aliphatic heterocycles. The van der Waals surface area contributed by atoms with Crippen molar-refractivity contribution in [2.24, 2.45) is 0 Å². The lowest BCUT2D eigenvalue weighted by atomic mass is 10.0. The van der Waals surface area contributed by atoms with Gasteiger partial charge in [-0.25, -0.2) is 8.42 Å². The summed E-state index contributed by atoms with van der Waals surface area (Å²) < 4.78 is 48.3. The van der Waals surface area contributed by atoms with Gasteiger partial charge in [-0.15, -0.1) is 0 Å². The second kappa shape index (κ2) is 5.74. The molecule has 1 aromatic carbocycles. The molecule has 1 rings (SSSR count). The average molecular weight is 307 g/mol. The van der Waals surface area contributed by atoms with Gasteiger partial charge < -0.3 is 10.4 Å². The van der Waals surface area contributed by atoms with Crippen LogP contribution in [0.25, 0.3) is 0 Å². The molecule has 0 amide bonds. The molecule has 0 atom stereocenters. The third-order valence-corrected chi connectivity index (χ3v) is 3.93. The van der Waals surface area contributed by atoms with E-state index < -0.39 is 32.0 Å². The van der Waals surface area contributed by atoms with E-state index in [1.165, 1.54) is 32.0 Å². The van der Waals surface area contributed by atoms with Crippen molar-refractivity contribution in [3.8, 4) is 0 Å². The number of carboxylic acid groups (broad SMARTS) is 1. The topological polar surface area (TPSA) is 83.5 Å². The Morgan fingerprint density at radius 1 is 1.35 bits per heavy atom. The maximum atomic E-state index is 12.6. The number of carbonyl (C=O) groups is 1. The number of carboxylic acids is 1. The number of anilines is 1. The number of aliphatic carboxylic acids is 1. The van der Waals surface area contributed by atoms with Gasteiger partial charge in [0.1, 0.15) is 0 Å². The zero-order valence-electron chi connectivity index (χ0n) is 10.9. The Morgan fingerprint density at radius 3 is 2.40 bits per heavy atom. The minimum Gasteiger partial charge on any atom is -0.481 e. The number of hydrogen-bond donors (Lipinski definition) is 2. The Hall–Kier alpha value is -1.70. The van der Waals surface area contributed by atoms with Gasteiger partial charge >= 0.3 is 11.7 Å². The van der Waals surface area contributed by atoms with E-state index >= 15 is 0 Å². The average Bonchev–Trinajstić information content (AvgIpc) is 2.26. The molecule has 0 saturated heterocycles. The van der Waals surface area contributed by atoms with Crippen LogP contribution < -0.4 is 5.32 Å². The number of rotatable bonds is 6. The third-order valence-electron chi connectivity index (χ3n) is 2.49.